The molecule has 0 amide bonds. The fourth-order valence-electron chi connectivity index (χ4n) is 3.64. The Balaban J connectivity index is 1.62. The van der Waals surface area contributed by atoms with E-state index in [-0.39, 0.29) is 16.5 Å². The summed E-state index contributed by atoms with van der Waals surface area (Å²) in [6.07, 6.45) is -1.03. The van der Waals surface area contributed by atoms with Crippen LogP contribution in [0.4, 0.5) is 13.6 Å². The summed E-state index contributed by atoms with van der Waals surface area (Å²) >= 11 is 0. The number of fused-ring (bicyclic) bond motifs is 3. The molecule has 5 rings (SSSR count). The van der Waals surface area contributed by atoms with E-state index in [1.54, 1.807) is 36.4 Å². The highest BCUT2D eigenvalue weighted by atomic mass is 19.1. The van der Waals surface area contributed by atoms with Crippen LogP contribution in [0.5, 0.6) is 11.5 Å². The third-order valence-electron chi connectivity index (χ3n) is 5.00. The number of hydrogen-bond acceptors (Lipinski definition) is 3. The van der Waals surface area contributed by atoms with Gasteiger partial charge in [0.2, 0.25) is 0 Å². The van der Waals surface area contributed by atoms with E-state index in [4.69, 9.17) is 9.47 Å². The van der Waals surface area contributed by atoms with E-state index in [0.29, 0.717) is 16.5 Å². The third kappa shape index (κ3) is 3.01. The van der Waals surface area contributed by atoms with Crippen LogP contribution in [0.1, 0.15) is 0 Å². The molecule has 5 aromatic carbocycles. The van der Waals surface area contributed by atoms with E-state index in [1.165, 1.54) is 6.07 Å². The zero-order valence-electron chi connectivity index (χ0n) is 15.6. The van der Waals surface area contributed by atoms with Crippen molar-refractivity contribution < 1.29 is 23.0 Å². The fourth-order valence-corrected chi connectivity index (χ4v) is 3.64. The Kier molecular flexibility index (Phi) is 4.29. The first-order valence-electron chi connectivity index (χ1n) is 9.29. The average molecular weight is 400 g/mol. The molecule has 0 heterocycles. The Morgan fingerprint density at radius 3 is 2.13 bits per heavy atom. The summed E-state index contributed by atoms with van der Waals surface area (Å²) < 4.78 is 39.9. The van der Waals surface area contributed by atoms with Gasteiger partial charge in [-0.1, -0.05) is 60.7 Å². The number of benzene rings is 5. The lowest BCUT2D eigenvalue weighted by molar-refractivity contribution is 0.153. The van der Waals surface area contributed by atoms with E-state index in [9.17, 15) is 13.6 Å². The molecule has 0 aliphatic heterocycles. The molecule has 0 aromatic heterocycles. The number of ether oxygens (including phenoxy) is 2. The molecule has 0 spiro atoms. The van der Waals surface area contributed by atoms with Crippen molar-refractivity contribution in [2.75, 3.05) is 0 Å². The zero-order chi connectivity index (χ0) is 20.7. The second-order valence-electron chi connectivity index (χ2n) is 6.81. The molecule has 5 aromatic rings. The first-order chi connectivity index (χ1) is 14.6. The Bertz CT molecular complexity index is 1440. The summed E-state index contributed by atoms with van der Waals surface area (Å²) in [7, 11) is 0. The predicted octanol–water partition coefficient (Wildman–Crippen LogP) is 7.00. The van der Waals surface area contributed by atoms with Gasteiger partial charge in [0.15, 0.2) is 5.75 Å². The molecule has 146 valence electrons. The van der Waals surface area contributed by atoms with Gasteiger partial charge < -0.3 is 9.47 Å². The minimum absolute atomic E-state index is 0.0293. The van der Waals surface area contributed by atoms with E-state index in [0.717, 1.165) is 22.9 Å². The van der Waals surface area contributed by atoms with Crippen LogP contribution >= 0.6 is 0 Å². The van der Waals surface area contributed by atoms with Crippen molar-refractivity contribution in [3.63, 3.8) is 0 Å². The fraction of sp³-hybridized carbons (Fsp3) is 0. The number of rotatable bonds is 2. The molecule has 0 aliphatic carbocycles. The van der Waals surface area contributed by atoms with Crippen LogP contribution in [0.25, 0.3) is 32.3 Å². The highest BCUT2D eigenvalue weighted by Gasteiger charge is 2.19. The minimum Gasteiger partial charge on any atom is -0.394 e. The van der Waals surface area contributed by atoms with Gasteiger partial charge in [0.05, 0.1) is 5.39 Å². The second-order valence-corrected chi connectivity index (χ2v) is 6.81. The quantitative estimate of drug-likeness (QED) is 0.182. The third-order valence-corrected chi connectivity index (χ3v) is 5.00. The number of carbonyl (C=O) groups is 1. The van der Waals surface area contributed by atoms with Crippen molar-refractivity contribution in [3.8, 4) is 11.5 Å². The van der Waals surface area contributed by atoms with Crippen molar-refractivity contribution in [3.05, 3.63) is 96.6 Å². The molecule has 0 N–H and O–H groups in total. The molecule has 0 radical (unpaired) electrons. The molecule has 0 saturated carbocycles. The first kappa shape index (κ1) is 18.1. The molecular formula is C25H14F2O3. The molecule has 0 bridgehead atoms. The lowest BCUT2D eigenvalue weighted by Gasteiger charge is -2.13. The van der Waals surface area contributed by atoms with Gasteiger partial charge in [-0.25, -0.2) is 13.6 Å². The monoisotopic (exact) mass is 400 g/mol. The molecule has 0 atom stereocenters. The van der Waals surface area contributed by atoms with Crippen molar-refractivity contribution in [1.29, 1.82) is 0 Å². The lowest BCUT2D eigenvalue weighted by atomic mass is 10.0. The second kappa shape index (κ2) is 7.12. The Morgan fingerprint density at radius 1 is 0.633 bits per heavy atom. The van der Waals surface area contributed by atoms with Crippen LogP contribution in [-0.4, -0.2) is 6.16 Å². The Labute approximate surface area is 170 Å². The van der Waals surface area contributed by atoms with Gasteiger partial charge in [0.1, 0.15) is 17.4 Å². The number of halogens is 2. The van der Waals surface area contributed by atoms with Crippen molar-refractivity contribution in [2.24, 2.45) is 0 Å². The summed E-state index contributed by atoms with van der Waals surface area (Å²) in [5.41, 5.74) is 0. The van der Waals surface area contributed by atoms with Crippen LogP contribution < -0.4 is 9.47 Å². The maximum Gasteiger partial charge on any atom is 0.519 e. The SMILES string of the molecule is O=C(Oc1cccc2ccccc12)Oc1c2ccccc2cc2c(F)ccc(F)c12. The number of hydrogen-bond donors (Lipinski definition) is 0. The standard InChI is InChI=1S/C25H14F2O3/c26-20-12-13-21(27)23-19(20)14-16-7-2-4-10-18(16)24(23)30-25(28)29-22-11-5-8-15-6-1-3-9-17(15)22/h1-14H. The minimum atomic E-state index is -1.03. The molecule has 0 unspecified atom stereocenters. The topological polar surface area (TPSA) is 35.5 Å². The van der Waals surface area contributed by atoms with Gasteiger partial charge in [-0.3, -0.25) is 0 Å². The Morgan fingerprint density at radius 2 is 1.30 bits per heavy atom. The van der Waals surface area contributed by atoms with Gasteiger partial charge in [0, 0.05) is 16.2 Å². The lowest BCUT2D eigenvalue weighted by Crippen LogP contribution is -2.14. The van der Waals surface area contributed by atoms with Crippen LogP contribution in [0.3, 0.4) is 0 Å². The van der Waals surface area contributed by atoms with E-state index in [2.05, 4.69) is 0 Å². The summed E-state index contributed by atoms with van der Waals surface area (Å²) in [6.45, 7) is 0. The Hall–Kier alpha value is -3.99. The maximum atomic E-state index is 14.6. The molecule has 0 saturated heterocycles. The predicted molar refractivity (Wildman–Crippen MR) is 112 cm³/mol. The van der Waals surface area contributed by atoms with Gasteiger partial charge in [0.25, 0.3) is 0 Å². The molecule has 3 nitrogen and oxygen atoms in total. The summed E-state index contributed by atoms with van der Waals surface area (Å²) in [6, 6.07) is 23.2. The number of carbonyl (C=O) groups excluding carboxylic acids is 1. The summed E-state index contributed by atoms with van der Waals surface area (Å²) in [5, 5.41) is 2.64. The van der Waals surface area contributed by atoms with Gasteiger partial charge in [-0.2, -0.15) is 0 Å². The molecular weight excluding hydrogens is 386 g/mol. The maximum absolute atomic E-state index is 14.6. The van der Waals surface area contributed by atoms with Crippen LogP contribution in [0.2, 0.25) is 0 Å². The van der Waals surface area contributed by atoms with Crippen LogP contribution in [0.15, 0.2) is 84.9 Å². The summed E-state index contributed by atoms with van der Waals surface area (Å²) in [5.74, 6) is -1.06. The average Bonchev–Trinajstić information content (AvgIpc) is 2.76. The van der Waals surface area contributed by atoms with Crippen LogP contribution in [-0.2, 0) is 0 Å². The van der Waals surface area contributed by atoms with Crippen molar-refractivity contribution in [1.82, 2.24) is 0 Å². The molecule has 0 fully saturated rings. The van der Waals surface area contributed by atoms with Gasteiger partial charge in [-0.15, -0.1) is 0 Å². The smallest absolute Gasteiger partial charge is 0.394 e. The van der Waals surface area contributed by atoms with Crippen molar-refractivity contribution in [2.45, 2.75) is 0 Å². The van der Waals surface area contributed by atoms with Gasteiger partial charge >= 0.3 is 6.16 Å². The largest absolute Gasteiger partial charge is 0.519 e. The van der Waals surface area contributed by atoms with E-state index >= 15 is 0 Å². The molecule has 5 heteroatoms. The van der Waals surface area contributed by atoms with E-state index < -0.39 is 17.8 Å². The highest BCUT2D eigenvalue weighted by molar-refractivity contribution is 6.06. The molecule has 0 aliphatic rings. The first-order valence-corrected chi connectivity index (χ1v) is 9.29. The molecule has 30 heavy (non-hydrogen) atoms. The van der Waals surface area contributed by atoms with Crippen molar-refractivity contribution >= 4 is 38.5 Å². The normalized spacial score (nSPS) is 11.1. The van der Waals surface area contributed by atoms with Gasteiger partial charge in [-0.05, 0) is 35.0 Å². The zero-order valence-corrected chi connectivity index (χ0v) is 15.6. The van der Waals surface area contributed by atoms with Crippen LogP contribution in [0, 0.1) is 11.6 Å². The summed E-state index contributed by atoms with van der Waals surface area (Å²) in [4.78, 5) is 12.6. The highest BCUT2D eigenvalue weighted by Crippen LogP contribution is 2.38. The van der Waals surface area contributed by atoms with E-state index in [1.807, 2.05) is 30.3 Å².